The predicted molar refractivity (Wildman–Crippen MR) is 81.5 cm³/mol. The van der Waals surface area contributed by atoms with E-state index in [1.54, 1.807) is 14.0 Å². The summed E-state index contributed by atoms with van der Waals surface area (Å²) in [7, 11) is -2.22. The Bertz CT molecular complexity index is 669. The first-order chi connectivity index (χ1) is 9.72. The molecule has 0 aromatic heterocycles. The molecule has 116 valence electrons. The number of carbonyl (C=O) groups is 1. The van der Waals surface area contributed by atoms with Gasteiger partial charge in [0.2, 0.25) is 10.0 Å². The minimum atomic E-state index is -3.86. The molecule has 6 nitrogen and oxygen atoms in total. The monoisotopic (exact) mass is 376 g/mol. The topological polar surface area (TPSA) is 98.5 Å². The molecule has 1 amide bonds. The Morgan fingerprint density at radius 1 is 1.43 bits per heavy atom. The highest BCUT2D eigenvalue weighted by molar-refractivity contribution is 9.10. The van der Waals surface area contributed by atoms with Gasteiger partial charge in [-0.15, -0.1) is 0 Å². The number of benzene rings is 1. The van der Waals surface area contributed by atoms with Crippen LogP contribution in [0.5, 0.6) is 0 Å². The highest BCUT2D eigenvalue weighted by Gasteiger charge is 2.31. The molecule has 0 radical (unpaired) electrons. The zero-order valence-electron chi connectivity index (χ0n) is 11.7. The number of hydrogen-bond acceptors (Lipinski definition) is 4. The molecule has 1 saturated carbocycles. The van der Waals surface area contributed by atoms with Crippen LogP contribution in [0.4, 0.5) is 0 Å². The highest BCUT2D eigenvalue weighted by Crippen LogP contribution is 2.26. The number of sulfonamides is 1. The van der Waals surface area contributed by atoms with Crippen molar-refractivity contribution in [3.8, 4) is 0 Å². The van der Waals surface area contributed by atoms with Gasteiger partial charge in [-0.05, 0) is 37.5 Å². The van der Waals surface area contributed by atoms with Crippen LogP contribution < -0.4 is 10.5 Å². The summed E-state index contributed by atoms with van der Waals surface area (Å²) in [5.41, 5.74) is 0.969. The molecule has 1 aliphatic carbocycles. The Labute approximate surface area is 132 Å². The van der Waals surface area contributed by atoms with Gasteiger partial charge in [0.25, 0.3) is 5.91 Å². The fraction of sp³-hybridized carbons (Fsp3) is 0.462. The molecule has 1 aromatic rings. The molecule has 1 aromatic carbocycles. The molecule has 1 fully saturated rings. The summed E-state index contributed by atoms with van der Waals surface area (Å²) in [4.78, 5) is 12.2. The minimum absolute atomic E-state index is 0.0544. The summed E-state index contributed by atoms with van der Waals surface area (Å²) in [5.74, 6) is -0.307. The third-order valence-corrected chi connectivity index (χ3v) is 5.37. The maximum Gasteiger partial charge on any atom is 0.251 e. The molecular weight excluding hydrogens is 360 g/mol. The van der Waals surface area contributed by atoms with E-state index in [-0.39, 0.29) is 22.9 Å². The second kappa shape index (κ2) is 6.04. The van der Waals surface area contributed by atoms with Crippen LogP contribution in [0.3, 0.4) is 0 Å². The minimum Gasteiger partial charge on any atom is -0.381 e. The summed E-state index contributed by atoms with van der Waals surface area (Å²) >= 11 is 3.26. The first-order valence-electron chi connectivity index (χ1n) is 6.39. The van der Waals surface area contributed by atoms with Crippen molar-refractivity contribution in [1.82, 2.24) is 5.32 Å². The third-order valence-electron chi connectivity index (χ3n) is 3.65. The van der Waals surface area contributed by atoms with Gasteiger partial charge in [0.15, 0.2) is 0 Å². The third kappa shape index (κ3) is 3.63. The summed E-state index contributed by atoms with van der Waals surface area (Å²) in [5, 5.41) is 7.99. The molecule has 0 bridgehead atoms. The molecule has 2 rings (SSSR count). The van der Waals surface area contributed by atoms with Crippen LogP contribution in [-0.2, 0) is 14.8 Å². The van der Waals surface area contributed by atoms with Crippen LogP contribution in [0.2, 0.25) is 0 Å². The summed E-state index contributed by atoms with van der Waals surface area (Å²) in [6.07, 6.45) is 1.70. The lowest BCUT2D eigenvalue weighted by atomic mass is 9.89. The van der Waals surface area contributed by atoms with Gasteiger partial charge >= 0.3 is 0 Å². The van der Waals surface area contributed by atoms with E-state index >= 15 is 0 Å². The molecule has 8 heteroatoms. The first kappa shape index (κ1) is 16.4. The number of methoxy groups -OCH3 is 1. The average Bonchev–Trinajstić information content (AvgIpc) is 2.34. The van der Waals surface area contributed by atoms with Gasteiger partial charge < -0.3 is 10.1 Å². The quantitative estimate of drug-likeness (QED) is 0.827. The van der Waals surface area contributed by atoms with Gasteiger partial charge in [0.05, 0.1) is 11.0 Å². The summed E-state index contributed by atoms with van der Waals surface area (Å²) in [6.45, 7) is 1.74. The predicted octanol–water partition coefficient (Wildman–Crippen LogP) is 1.31. The van der Waals surface area contributed by atoms with Gasteiger partial charge in [-0.1, -0.05) is 15.9 Å². The van der Waals surface area contributed by atoms with E-state index in [0.29, 0.717) is 15.6 Å². The van der Waals surface area contributed by atoms with E-state index < -0.39 is 10.0 Å². The normalized spacial score (nSPS) is 21.7. The second-order valence-corrected chi connectivity index (χ2v) is 7.54. The van der Waals surface area contributed by atoms with E-state index in [4.69, 9.17) is 9.88 Å². The van der Waals surface area contributed by atoms with Crippen molar-refractivity contribution in [2.75, 3.05) is 7.11 Å². The Kier molecular flexibility index (Phi) is 4.72. The van der Waals surface area contributed by atoms with Crippen molar-refractivity contribution in [2.24, 2.45) is 5.14 Å². The first-order valence-corrected chi connectivity index (χ1v) is 8.73. The van der Waals surface area contributed by atoms with Crippen LogP contribution in [0.15, 0.2) is 21.5 Å². The number of carbonyl (C=O) groups excluding carboxylic acids is 1. The number of amides is 1. The summed E-state index contributed by atoms with van der Waals surface area (Å²) in [6, 6.07) is 2.75. The van der Waals surface area contributed by atoms with Gasteiger partial charge in [-0.2, -0.15) is 0 Å². The highest BCUT2D eigenvalue weighted by atomic mass is 79.9. The van der Waals surface area contributed by atoms with E-state index in [0.717, 1.165) is 12.8 Å². The Morgan fingerprint density at radius 3 is 2.57 bits per heavy atom. The van der Waals surface area contributed by atoms with Gasteiger partial charge in [0, 0.05) is 23.2 Å². The number of halogens is 1. The molecule has 0 aliphatic heterocycles. The lowest BCUT2D eigenvalue weighted by Gasteiger charge is -2.34. The number of ether oxygens (including phenoxy) is 1. The molecule has 21 heavy (non-hydrogen) atoms. The van der Waals surface area contributed by atoms with Crippen LogP contribution in [-0.4, -0.2) is 33.6 Å². The SMILES string of the molecule is COC1CC(NC(=O)c2cc(S(N)(=O)=O)cc(Br)c2C)C1. The molecule has 1 aliphatic rings. The van der Waals surface area contributed by atoms with Crippen molar-refractivity contribution >= 4 is 31.9 Å². The van der Waals surface area contributed by atoms with Crippen molar-refractivity contribution < 1.29 is 17.9 Å². The van der Waals surface area contributed by atoms with Crippen molar-refractivity contribution in [3.63, 3.8) is 0 Å². The largest absolute Gasteiger partial charge is 0.381 e. The molecule has 0 atom stereocenters. The number of nitrogens with two attached hydrogens (primary N) is 1. The molecule has 0 spiro atoms. The van der Waals surface area contributed by atoms with Crippen molar-refractivity contribution in [3.05, 3.63) is 27.7 Å². The van der Waals surface area contributed by atoms with E-state index in [9.17, 15) is 13.2 Å². The zero-order chi connectivity index (χ0) is 15.8. The number of hydrogen-bond donors (Lipinski definition) is 2. The molecule has 0 saturated heterocycles. The van der Waals surface area contributed by atoms with E-state index in [1.807, 2.05) is 0 Å². The van der Waals surface area contributed by atoms with E-state index in [2.05, 4.69) is 21.2 Å². The lowest BCUT2D eigenvalue weighted by Crippen LogP contribution is -2.47. The molecule has 3 N–H and O–H groups in total. The summed E-state index contributed by atoms with van der Waals surface area (Å²) < 4.78 is 28.6. The van der Waals surface area contributed by atoms with E-state index in [1.165, 1.54) is 12.1 Å². The maximum atomic E-state index is 12.3. The van der Waals surface area contributed by atoms with Crippen molar-refractivity contribution in [1.29, 1.82) is 0 Å². The average molecular weight is 377 g/mol. The standard InChI is InChI=1S/C13H17BrN2O4S/c1-7-11(5-10(6-12(7)14)21(15,18)19)13(17)16-8-3-9(4-8)20-2/h5-6,8-9H,3-4H2,1-2H3,(H,16,17)(H2,15,18,19). The smallest absolute Gasteiger partial charge is 0.251 e. The zero-order valence-corrected chi connectivity index (χ0v) is 14.1. The molecule has 0 heterocycles. The van der Waals surface area contributed by atoms with Crippen LogP contribution in [0.25, 0.3) is 0 Å². The Hall–Kier alpha value is -0.960. The maximum absolute atomic E-state index is 12.3. The lowest BCUT2D eigenvalue weighted by molar-refractivity contribution is 0.0176. The molecule has 0 unspecified atom stereocenters. The second-order valence-electron chi connectivity index (χ2n) is 5.12. The van der Waals surface area contributed by atoms with Gasteiger partial charge in [-0.3, -0.25) is 4.79 Å². The van der Waals surface area contributed by atoms with Gasteiger partial charge in [-0.25, -0.2) is 13.6 Å². The van der Waals surface area contributed by atoms with Crippen LogP contribution in [0.1, 0.15) is 28.8 Å². The Balaban J connectivity index is 2.22. The van der Waals surface area contributed by atoms with Crippen LogP contribution >= 0.6 is 15.9 Å². The van der Waals surface area contributed by atoms with Crippen molar-refractivity contribution in [2.45, 2.75) is 36.8 Å². The fourth-order valence-electron chi connectivity index (χ4n) is 2.19. The Morgan fingerprint density at radius 2 is 2.05 bits per heavy atom. The van der Waals surface area contributed by atoms with Crippen LogP contribution in [0, 0.1) is 6.92 Å². The molecular formula is C13H17BrN2O4S. The van der Waals surface area contributed by atoms with Gasteiger partial charge in [0.1, 0.15) is 0 Å². The number of nitrogens with one attached hydrogen (secondary N) is 1. The number of rotatable bonds is 4. The fourth-order valence-corrected chi connectivity index (χ4v) is 3.37. The number of primary sulfonamides is 1.